The van der Waals surface area contributed by atoms with Crippen molar-refractivity contribution >= 4 is 17.5 Å². The van der Waals surface area contributed by atoms with Gasteiger partial charge in [-0.3, -0.25) is 9.78 Å². The molecule has 0 aliphatic heterocycles. The van der Waals surface area contributed by atoms with E-state index in [2.05, 4.69) is 19.9 Å². The lowest BCUT2D eigenvalue weighted by Gasteiger charge is -2.13. The second-order valence-corrected chi connectivity index (χ2v) is 9.03. The van der Waals surface area contributed by atoms with Crippen LogP contribution in [0.25, 0.3) is 17.1 Å². The zero-order chi connectivity index (χ0) is 24.4. The molecular formula is C24H23F2N5O2S. The van der Waals surface area contributed by atoms with Gasteiger partial charge in [-0.1, -0.05) is 11.8 Å². The first-order chi connectivity index (χ1) is 16.3. The Labute approximate surface area is 199 Å². The number of aryl methyl sites for hydroxylation is 1. The molecule has 176 valence electrons. The minimum atomic E-state index is -2.88. The molecule has 7 nitrogen and oxygen atoms in total. The third-order valence-corrected chi connectivity index (χ3v) is 6.58. The number of benzene rings is 1. The highest BCUT2D eigenvalue weighted by Crippen LogP contribution is 2.30. The Morgan fingerprint density at radius 2 is 1.74 bits per heavy atom. The summed E-state index contributed by atoms with van der Waals surface area (Å²) in [7, 11) is 1.86. The van der Waals surface area contributed by atoms with Gasteiger partial charge in [0.15, 0.2) is 16.8 Å². The van der Waals surface area contributed by atoms with Crippen molar-refractivity contribution in [3.05, 3.63) is 71.8 Å². The van der Waals surface area contributed by atoms with E-state index in [1.807, 2.05) is 55.2 Å². The van der Waals surface area contributed by atoms with Crippen molar-refractivity contribution in [2.45, 2.75) is 37.8 Å². The Bertz CT molecular complexity index is 1300. The standard InChI is InChI=1S/C24H23F2N5O2S/c1-14-13-20(15(2)31(14)18-5-7-19(8-6-18)33-23(25)26)21(32)16(3)34-24-29-28-22(30(24)4)17-9-11-27-12-10-17/h5-13,16,23H,1-4H3. The largest absolute Gasteiger partial charge is 0.435 e. The van der Waals surface area contributed by atoms with E-state index in [1.54, 1.807) is 24.5 Å². The molecule has 0 amide bonds. The lowest BCUT2D eigenvalue weighted by molar-refractivity contribution is -0.0498. The Kier molecular flexibility index (Phi) is 6.78. The van der Waals surface area contributed by atoms with Gasteiger partial charge in [0.2, 0.25) is 0 Å². The molecule has 0 saturated carbocycles. The van der Waals surface area contributed by atoms with Crippen LogP contribution in [0.1, 0.15) is 28.7 Å². The van der Waals surface area contributed by atoms with Crippen LogP contribution >= 0.6 is 11.8 Å². The van der Waals surface area contributed by atoms with Gasteiger partial charge in [0.05, 0.1) is 5.25 Å². The topological polar surface area (TPSA) is 74.8 Å². The Morgan fingerprint density at radius 1 is 1.06 bits per heavy atom. The first-order valence-corrected chi connectivity index (χ1v) is 11.4. The van der Waals surface area contributed by atoms with Gasteiger partial charge in [0.25, 0.3) is 0 Å². The Balaban J connectivity index is 1.54. The lowest BCUT2D eigenvalue weighted by atomic mass is 10.1. The molecule has 0 aliphatic carbocycles. The van der Waals surface area contributed by atoms with Crippen molar-refractivity contribution in [2.75, 3.05) is 0 Å². The van der Waals surface area contributed by atoms with E-state index in [4.69, 9.17) is 0 Å². The molecule has 1 atom stereocenters. The van der Waals surface area contributed by atoms with Gasteiger partial charge >= 0.3 is 6.61 Å². The van der Waals surface area contributed by atoms with E-state index in [9.17, 15) is 13.6 Å². The molecule has 3 aromatic heterocycles. The average molecular weight is 484 g/mol. The maximum atomic E-state index is 13.3. The van der Waals surface area contributed by atoms with E-state index < -0.39 is 11.9 Å². The lowest BCUT2D eigenvalue weighted by Crippen LogP contribution is -2.15. The van der Waals surface area contributed by atoms with Gasteiger partial charge in [-0.2, -0.15) is 8.78 Å². The van der Waals surface area contributed by atoms with Crippen LogP contribution in [0.2, 0.25) is 0 Å². The van der Waals surface area contributed by atoms with Crippen LogP contribution < -0.4 is 4.74 Å². The van der Waals surface area contributed by atoms with Crippen LogP contribution in [0.3, 0.4) is 0 Å². The molecule has 0 aliphatic rings. The minimum absolute atomic E-state index is 0.0320. The highest BCUT2D eigenvalue weighted by molar-refractivity contribution is 8.00. The molecule has 3 heterocycles. The third kappa shape index (κ3) is 4.72. The van der Waals surface area contributed by atoms with E-state index in [1.165, 1.54) is 23.9 Å². The molecule has 0 bridgehead atoms. The number of carbonyl (C=O) groups is 1. The third-order valence-electron chi connectivity index (χ3n) is 5.44. The average Bonchev–Trinajstić information content (AvgIpc) is 3.32. The number of hydrogen-bond donors (Lipinski definition) is 0. The van der Waals surface area contributed by atoms with Crippen LogP contribution in [0, 0.1) is 13.8 Å². The number of aromatic nitrogens is 5. The van der Waals surface area contributed by atoms with Crippen LogP contribution in [0.5, 0.6) is 5.75 Å². The van der Waals surface area contributed by atoms with Crippen LogP contribution in [-0.4, -0.2) is 42.0 Å². The van der Waals surface area contributed by atoms with E-state index in [-0.39, 0.29) is 11.5 Å². The highest BCUT2D eigenvalue weighted by Gasteiger charge is 2.24. The Hall–Kier alpha value is -3.53. The van der Waals surface area contributed by atoms with Gasteiger partial charge in [0.1, 0.15) is 5.75 Å². The molecule has 4 aromatic rings. The number of rotatable bonds is 8. The second-order valence-electron chi connectivity index (χ2n) is 7.72. The number of pyridine rings is 1. The van der Waals surface area contributed by atoms with E-state index >= 15 is 0 Å². The predicted octanol–water partition coefficient (Wildman–Crippen LogP) is 5.25. The molecule has 0 N–H and O–H groups in total. The van der Waals surface area contributed by atoms with Crippen LogP contribution in [0.15, 0.2) is 60.0 Å². The molecule has 0 radical (unpaired) electrons. The number of alkyl halides is 2. The van der Waals surface area contributed by atoms with Crippen molar-refractivity contribution in [2.24, 2.45) is 7.05 Å². The normalized spacial score (nSPS) is 12.2. The number of carbonyl (C=O) groups excluding carboxylic acids is 1. The van der Waals surface area contributed by atoms with E-state index in [0.717, 1.165) is 22.6 Å². The summed E-state index contributed by atoms with van der Waals surface area (Å²) in [5, 5.41) is 8.76. The van der Waals surface area contributed by atoms with Crippen molar-refractivity contribution in [1.82, 2.24) is 24.3 Å². The van der Waals surface area contributed by atoms with Crippen molar-refractivity contribution in [3.63, 3.8) is 0 Å². The fraction of sp³-hybridized carbons (Fsp3) is 0.250. The first-order valence-electron chi connectivity index (χ1n) is 10.5. The second kappa shape index (κ2) is 9.76. The molecule has 1 unspecified atom stereocenters. The summed E-state index contributed by atoms with van der Waals surface area (Å²) in [5.74, 6) is 0.745. The van der Waals surface area contributed by atoms with Gasteiger partial charge < -0.3 is 13.9 Å². The fourth-order valence-electron chi connectivity index (χ4n) is 3.79. The summed E-state index contributed by atoms with van der Waals surface area (Å²) in [6.45, 7) is 2.73. The Morgan fingerprint density at radius 3 is 2.38 bits per heavy atom. The molecule has 1 aromatic carbocycles. The molecular weight excluding hydrogens is 460 g/mol. The number of hydrogen-bond acceptors (Lipinski definition) is 6. The first kappa shape index (κ1) is 23.6. The van der Waals surface area contributed by atoms with Crippen molar-refractivity contribution in [1.29, 1.82) is 0 Å². The number of ether oxygens (including phenoxy) is 1. The van der Waals surface area contributed by atoms with E-state index in [0.29, 0.717) is 16.5 Å². The zero-order valence-electron chi connectivity index (χ0n) is 19.1. The SMILES string of the molecule is Cc1cc(C(=O)C(C)Sc2nnc(-c3ccncc3)n2C)c(C)n1-c1ccc(OC(F)F)cc1. The molecule has 4 rings (SSSR count). The number of Topliss-reactive ketones (excluding diaryl/α,β-unsaturated/α-hetero) is 1. The molecule has 0 saturated heterocycles. The molecule has 0 spiro atoms. The number of nitrogens with zero attached hydrogens (tertiary/aromatic N) is 5. The zero-order valence-corrected chi connectivity index (χ0v) is 19.9. The van der Waals surface area contributed by atoms with Crippen molar-refractivity contribution in [3.8, 4) is 22.8 Å². The monoisotopic (exact) mass is 483 g/mol. The summed E-state index contributed by atoms with van der Waals surface area (Å²) < 4.78 is 33.1. The number of ketones is 1. The van der Waals surface area contributed by atoms with Crippen LogP contribution in [-0.2, 0) is 7.05 Å². The summed E-state index contributed by atoms with van der Waals surface area (Å²) in [4.78, 5) is 17.3. The summed E-state index contributed by atoms with van der Waals surface area (Å²) in [5.41, 5.74) is 3.88. The van der Waals surface area contributed by atoms with Gasteiger partial charge in [0, 0.05) is 47.6 Å². The van der Waals surface area contributed by atoms with Gasteiger partial charge in [-0.15, -0.1) is 10.2 Å². The summed E-state index contributed by atoms with van der Waals surface area (Å²) in [6.07, 6.45) is 3.39. The molecule has 34 heavy (non-hydrogen) atoms. The van der Waals surface area contributed by atoms with Crippen LogP contribution in [0.4, 0.5) is 8.78 Å². The maximum absolute atomic E-state index is 13.3. The van der Waals surface area contributed by atoms with Gasteiger partial charge in [-0.25, -0.2) is 0 Å². The quantitative estimate of drug-likeness (QED) is 0.252. The predicted molar refractivity (Wildman–Crippen MR) is 126 cm³/mol. The summed E-state index contributed by atoms with van der Waals surface area (Å²) >= 11 is 1.34. The molecule has 0 fully saturated rings. The number of thioether (sulfide) groups is 1. The highest BCUT2D eigenvalue weighted by atomic mass is 32.2. The maximum Gasteiger partial charge on any atom is 0.387 e. The van der Waals surface area contributed by atoms with Crippen molar-refractivity contribution < 1.29 is 18.3 Å². The fourth-order valence-corrected chi connectivity index (χ4v) is 4.67. The number of halogens is 2. The summed E-state index contributed by atoms with van der Waals surface area (Å²) in [6, 6.07) is 11.9. The minimum Gasteiger partial charge on any atom is -0.435 e. The smallest absolute Gasteiger partial charge is 0.387 e. The van der Waals surface area contributed by atoms with Gasteiger partial charge in [-0.05, 0) is 63.2 Å². The molecule has 10 heteroatoms.